The molecule has 2 aromatic carbocycles. The average Bonchev–Trinajstić information content (AvgIpc) is 3.24. The second-order valence-electron chi connectivity index (χ2n) is 6.85. The molecule has 0 aliphatic rings. The van der Waals surface area contributed by atoms with Crippen LogP contribution in [-0.2, 0) is 12.4 Å². The van der Waals surface area contributed by atoms with Crippen LogP contribution in [0.1, 0.15) is 17.0 Å². The molecule has 9 heteroatoms. The Morgan fingerprint density at radius 1 is 1.10 bits per heavy atom. The second kappa shape index (κ2) is 8.77. The summed E-state index contributed by atoms with van der Waals surface area (Å²) in [5.74, 6) is 2.16. The van der Waals surface area contributed by atoms with E-state index >= 15 is 0 Å². The fourth-order valence-electron chi connectivity index (χ4n) is 3.35. The third-order valence-corrected chi connectivity index (χ3v) is 5.15. The number of anilines is 1. The SMILES string of the molecule is COc1ccc(CNc2nc(-c3cccc(F)c3)c(C)c3nc(CCl)nn23)c(OC)c1. The summed E-state index contributed by atoms with van der Waals surface area (Å²) in [4.78, 5) is 9.25. The van der Waals surface area contributed by atoms with Crippen LogP contribution in [0.4, 0.5) is 10.3 Å². The van der Waals surface area contributed by atoms with Gasteiger partial charge in [0, 0.05) is 29.3 Å². The van der Waals surface area contributed by atoms with Crippen LogP contribution in [0, 0.1) is 12.7 Å². The molecule has 0 amide bonds. The molecule has 0 saturated carbocycles. The Morgan fingerprint density at radius 2 is 1.94 bits per heavy atom. The molecule has 0 unspecified atom stereocenters. The lowest BCUT2D eigenvalue weighted by Crippen LogP contribution is -2.10. The fourth-order valence-corrected chi connectivity index (χ4v) is 3.46. The van der Waals surface area contributed by atoms with E-state index in [0.717, 1.165) is 11.1 Å². The maximum Gasteiger partial charge on any atom is 0.226 e. The predicted octanol–water partition coefficient (Wildman–Crippen LogP) is 4.61. The fraction of sp³-hybridized carbons (Fsp3) is 0.227. The maximum atomic E-state index is 13.9. The smallest absolute Gasteiger partial charge is 0.226 e. The van der Waals surface area contributed by atoms with Crippen molar-refractivity contribution in [1.29, 1.82) is 0 Å². The Bertz CT molecular complexity index is 1240. The number of nitrogens with one attached hydrogen (secondary N) is 1. The standard InChI is InChI=1S/C22H21ClFN5O2/c1-13-20(14-5-4-6-16(24)9-14)27-22(29-21(13)26-19(11-23)28-29)25-12-15-7-8-17(30-2)10-18(15)31-3/h4-10H,11-12H2,1-3H3,(H,25,27). The van der Waals surface area contributed by atoms with Crippen molar-refractivity contribution >= 4 is 23.2 Å². The normalized spacial score (nSPS) is 11.0. The lowest BCUT2D eigenvalue weighted by Gasteiger charge is -2.14. The lowest BCUT2D eigenvalue weighted by atomic mass is 10.1. The summed E-state index contributed by atoms with van der Waals surface area (Å²) in [5.41, 5.74) is 3.56. The van der Waals surface area contributed by atoms with Crippen molar-refractivity contribution in [3.8, 4) is 22.8 Å². The molecule has 0 bridgehead atoms. The first-order valence-electron chi connectivity index (χ1n) is 9.57. The van der Waals surface area contributed by atoms with Gasteiger partial charge in [0.05, 0.1) is 25.8 Å². The zero-order chi connectivity index (χ0) is 22.0. The van der Waals surface area contributed by atoms with Gasteiger partial charge in [-0.05, 0) is 31.2 Å². The maximum absolute atomic E-state index is 13.9. The van der Waals surface area contributed by atoms with E-state index in [0.29, 0.717) is 46.7 Å². The molecule has 0 aliphatic heterocycles. The third-order valence-electron chi connectivity index (χ3n) is 4.91. The summed E-state index contributed by atoms with van der Waals surface area (Å²) in [6, 6.07) is 11.9. The number of ether oxygens (including phenoxy) is 2. The number of hydrogen-bond acceptors (Lipinski definition) is 6. The van der Waals surface area contributed by atoms with Gasteiger partial charge in [0.15, 0.2) is 11.5 Å². The molecule has 0 atom stereocenters. The summed E-state index contributed by atoms with van der Waals surface area (Å²) >= 11 is 5.96. The number of methoxy groups -OCH3 is 2. The van der Waals surface area contributed by atoms with Crippen LogP contribution in [0.5, 0.6) is 11.5 Å². The van der Waals surface area contributed by atoms with Gasteiger partial charge in [0.2, 0.25) is 5.95 Å². The number of benzene rings is 2. The number of alkyl halides is 1. The van der Waals surface area contributed by atoms with Gasteiger partial charge in [-0.3, -0.25) is 0 Å². The van der Waals surface area contributed by atoms with Crippen LogP contribution in [0.25, 0.3) is 16.9 Å². The number of aryl methyl sites for hydroxylation is 1. The number of rotatable bonds is 7. The minimum atomic E-state index is -0.334. The van der Waals surface area contributed by atoms with Crippen LogP contribution in [0.3, 0.4) is 0 Å². The monoisotopic (exact) mass is 441 g/mol. The molecule has 4 aromatic rings. The van der Waals surface area contributed by atoms with Gasteiger partial charge in [-0.15, -0.1) is 16.7 Å². The van der Waals surface area contributed by atoms with Crippen LogP contribution < -0.4 is 14.8 Å². The van der Waals surface area contributed by atoms with Crippen LogP contribution in [0.2, 0.25) is 0 Å². The molecule has 0 fully saturated rings. The molecule has 0 radical (unpaired) electrons. The third kappa shape index (κ3) is 4.11. The van der Waals surface area contributed by atoms with E-state index in [1.165, 1.54) is 12.1 Å². The van der Waals surface area contributed by atoms with Gasteiger partial charge in [-0.1, -0.05) is 12.1 Å². The Kier molecular flexibility index (Phi) is 5.90. The zero-order valence-electron chi connectivity index (χ0n) is 17.3. The van der Waals surface area contributed by atoms with Crippen molar-refractivity contribution in [3.05, 3.63) is 65.2 Å². The van der Waals surface area contributed by atoms with E-state index in [1.54, 1.807) is 24.8 Å². The van der Waals surface area contributed by atoms with Crippen molar-refractivity contribution in [2.75, 3.05) is 19.5 Å². The minimum Gasteiger partial charge on any atom is -0.497 e. The number of aromatic nitrogens is 4. The van der Waals surface area contributed by atoms with Crippen molar-refractivity contribution in [2.24, 2.45) is 0 Å². The number of halogens is 2. The second-order valence-corrected chi connectivity index (χ2v) is 7.12. The summed E-state index contributed by atoms with van der Waals surface area (Å²) in [7, 11) is 3.21. The van der Waals surface area contributed by atoms with Gasteiger partial charge >= 0.3 is 0 Å². The van der Waals surface area contributed by atoms with E-state index < -0.39 is 0 Å². The molecule has 31 heavy (non-hydrogen) atoms. The molecule has 2 aromatic heterocycles. The van der Waals surface area contributed by atoms with Crippen molar-refractivity contribution in [1.82, 2.24) is 19.6 Å². The number of nitrogens with zero attached hydrogens (tertiary/aromatic N) is 4. The largest absolute Gasteiger partial charge is 0.497 e. The van der Waals surface area contributed by atoms with E-state index in [2.05, 4.69) is 15.4 Å². The number of hydrogen-bond donors (Lipinski definition) is 1. The summed E-state index contributed by atoms with van der Waals surface area (Å²) in [5, 5.41) is 7.75. The van der Waals surface area contributed by atoms with E-state index in [4.69, 9.17) is 26.1 Å². The minimum absolute atomic E-state index is 0.169. The highest BCUT2D eigenvalue weighted by atomic mass is 35.5. The topological polar surface area (TPSA) is 73.6 Å². The Balaban J connectivity index is 1.78. The van der Waals surface area contributed by atoms with Crippen molar-refractivity contribution < 1.29 is 13.9 Å². The molecular formula is C22H21ClFN5O2. The van der Waals surface area contributed by atoms with Crippen LogP contribution in [-0.4, -0.2) is 33.8 Å². The zero-order valence-corrected chi connectivity index (χ0v) is 18.1. The molecule has 2 heterocycles. The van der Waals surface area contributed by atoms with Gasteiger partial charge in [-0.2, -0.15) is 4.52 Å². The first-order valence-corrected chi connectivity index (χ1v) is 10.1. The average molecular weight is 442 g/mol. The summed E-state index contributed by atoms with van der Waals surface area (Å²) < 4.78 is 26.2. The lowest BCUT2D eigenvalue weighted by molar-refractivity contribution is 0.391. The molecule has 0 aliphatic carbocycles. The van der Waals surface area contributed by atoms with E-state index in [1.807, 2.05) is 31.2 Å². The quantitative estimate of drug-likeness (QED) is 0.422. The van der Waals surface area contributed by atoms with Gasteiger partial charge in [0.25, 0.3) is 0 Å². The molecule has 0 saturated heterocycles. The highest BCUT2D eigenvalue weighted by Crippen LogP contribution is 2.29. The van der Waals surface area contributed by atoms with E-state index in [-0.39, 0.29) is 11.7 Å². The molecule has 1 N–H and O–H groups in total. The molecule has 0 spiro atoms. The van der Waals surface area contributed by atoms with Crippen molar-refractivity contribution in [3.63, 3.8) is 0 Å². The molecule has 4 rings (SSSR count). The number of fused-ring (bicyclic) bond motifs is 1. The van der Waals surface area contributed by atoms with Crippen LogP contribution in [0.15, 0.2) is 42.5 Å². The van der Waals surface area contributed by atoms with Crippen LogP contribution >= 0.6 is 11.6 Å². The van der Waals surface area contributed by atoms with E-state index in [9.17, 15) is 4.39 Å². The summed E-state index contributed by atoms with van der Waals surface area (Å²) in [6.07, 6.45) is 0. The first kappa shape index (κ1) is 20.9. The van der Waals surface area contributed by atoms with Gasteiger partial charge in [0.1, 0.15) is 17.3 Å². The predicted molar refractivity (Wildman–Crippen MR) is 117 cm³/mol. The Morgan fingerprint density at radius 3 is 2.65 bits per heavy atom. The molecular weight excluding hydrogens is 421 g/mol. The van der Waals surface area contributed by atoms with Crippen molar-refractivity contribution in [2.45, 2.75) is 19.3 Å². The summed E-state index contributed by atoms with van der Waals surface area (Å²) in [6.45, 7) is 2.29. The first-order chi connectivity index (χ1) is 15.0. The Labute approximate surface area is 183 Å². The van der Waals surface area contributed by atoms with Gasteiger partial charge < -0.3 is 14.8 Å². The van der Waals surface area contributed by atoms with Gasteiger partial charge in [-0.25, -0.2) is 14.4 Å². The molecule has 160 valence electrons. The molecule has 7 nitrogen and oxygen atoms in total. The highest BCUT2D eigenvalue weighted by molar-refractivity contribution is 6.16. The Hall–Kier alpha value is -3.39. The highest BCUT2D eigenvalue weighted by Gasteiger charge is 2.17.